The van der Waals surface area contributed by atoms with Gasteiger partial charge in [-0.2, -0.15) is 0 Å². The molecule has 0 aromatic rings. The van der Waals surface area contributed by atoms with Crippen molar-refractivity contribution in [2.45, 2.75) is 31.3 Å². The first-order valence-electron chi connectivity index (χ1n) is 3.78. The molecule has 0 rings (SSSR count). The van der Waals surface area contributed by atoms with Gasteiger partial charge in [0.05, 0.1) is 12.7 Å². The fraction of sp³-hybridized carbons (Fsp3) is 0.857. The summed E-state index contributed by atoms with van der Waals surface area (Å²) < 4.78 is 0. The highest BCUT2D eigenvalue weighted by atomic mass is 16.4. The number of rotatable bonds is 5. The molecule has 0 aliphatic rings. The van der Waals surface area contributed by atoms with Gasteiger partial charge in [0.1, 0.15) is 18.3 Å². The molecule has 0 fully saturated rings. The van der Waals surface area contributed by atoms with E-state index < -0.39 is 36.8 Å². The van der Waals surface area contributed by atoms with E-state index in [1.54, 1.807) is 0 Å². The van der Waals surface area contributed by atoms with Crippen LogP contribution in [0.1, 0.15) is 6.92 Å². The molecule has 0 saturated carbocycles. The summed E-state index contributed by atoms with van der Waals surface area (Å²) in [5.74, 6) is -1.11. The number of carbonyl (C=O) groups excluding carboxylic acids is 1. The standard InChI is InChI=1S/C7H14O6/c1-3(9)5(11)7(13)6(12)4(10)2-8/h3-6,8-12H,2H2,1H3/t3-,4-,5+,6+/m0/s1. The summed E-state index contributed by atoms with van der Waals surface area (Å²) in [6.45, 7) is 0.375. The molecule has 0 radical (unpaired) electrons. The van der Waals surface area contributed by atoms with Gasteiger partial charge in [-0.1, -0.05) is 0 Å². The molecule has 13 heavy (non-hydrogen) atoms. The van der Waals surface area contributed by atoms with Crippen LogP contribution in [0.5, 0.6) is 0 Å². The van der Waals surface area contributed by atoms with Crippen LogP contribution in [0.4, 0.5) is 0 Å². The van der Waals surface area contributed by atoms with Gasteiger partial charge >= 0.3 is 0 Å². The summed E-state index contributed by atoms with van der Waals surface area (Å²) in [7, 11) is 0. The van der Waals surface area contributed by atoms with Crippen LogP contribution in [0.3, 0.4) is 0 Å². The van der Waals surface area contributed by atoms with Crippen LogP contribution in [0, 0.1) is 0 Å². The smallest absolute Gasteiger partial charge is 0.194 e. The molecule has 0 aromatic carbocycles. The van der Waals surface area contributed by atoms with Crippen LogP contribution < -0.4 is 0 Å². The maximum Gasteiger partial charge on any atom is 0.194 e. The topological polar surface area (TPSA) is 118 Å². The zero-order valence-electron chi connectivity index (χ0n) is 7.16. The minimum absolute atomic E-state index is 0.792. The van der Waals surface area contributed by atoms with E-state index in [4.69, 9.17) is 25.5 Å². The van der Waals surface area contributed by atoms with Crippen LogP contribution in [-0.4, -0.2) is 62.3 Å². The predicted molar refractivity (Wildman–Crippen MR) is 41.8 cm³/mol. The number of Topliss-reactive ketones (excluding diaryl/α,β-unsaturated/α-hetero) is 1. The van der Waals surface area contributed by atoms with Crippen LogP contribution in [0.15, 0.2) is 0 Å². The number of hydrogen-bond donors (Lipinski definition) is 5. The molecule has 0 spiro atoms. The highest BCUT2D eigenvalue weighted by Gasteiger charge is 2.31. The lowest BCUT2D eigenvalue weighted by Crippen LogP contribution is -2.45. The Labute approximate surface area is 75.1 Å². The number of aliphatic hydroxyl groups excluding tert-OH is 5. The molecule has 0 aliphatic heterocycles. The Bertz CT molecular complexity index is 168. The Hall–Kier alpha value is -0.530. The lowest BCUT2D eigenvalue weighted by Gasteiger charge is -2.19. The lowest BCUT2D eigenvalue weighted by molar-refractivity contribution is -0.148. The maximum atomic E-state index is 11.0. The van der Waals surface area contributed by atoms with Crippen LogP contribution in [0.25, 0.3) is 0 Å². The van der Waals surface area contributed by atoms with Gasteiger partial charge in [-0.05, 0) is 6.92 Å². The SMILES string of the molecule is C[C@H](O)[C@@H](O)C(=O)[C@H](O)[C@@H](O)CO. The van der Waals surface area contributed by atoms with Gasteiger partial charge in [0.25, 0.3) is 0 Å². The van der Waals surface area contributed by atoms with Crippen molar-refractivity contribution in [3.8, 4) is 0 Å². The molecule has 0 aromatic heterocycles. The van der Waals surface area contributed by atoms with Crippen molar-refractivity contribution < 1.29 is 30.3 Å². The minimum atomic E-state index is -1.88. The Morgan fingerprint density at radius 1 is 1.15 bits per heavy atom. The monoisotopic (exact) mass is 194 g/mol. The quantitative estimate of drug-likeness (QED) is 0.318. The Morgan fingerprint density at radius 3 is 1.92 bits per heavy atom. The van der Waals surface area contributed by atoms with E-state index >= 15 is 0 Å². The fourth-order valence-electron chi connectivity index (χ4n) is 0.702. The molecule has 0 bridgehead atoms. The van der Waals surface area contributed by atoms with Gasteiger partial charge in [-0.3, -0.25) is 4.79 Å². The van der Waals surface area contributed by atoms with E-state index in [-0.39, 0.29) is 0 Å². The van der Waals surface area contributed by atoms with Gasteiger partial charge < -0.3 is 25.5 Å². The summed E-state index contributed by atoms with van der Waals surface area (Å²) >= 11 is 0. The molecule has 6 heteroatoms. The third-order valence-electron chi connectivity index (χ3n) is 1.59. The summed E-state index contributed by atoms with van der Waals surface area (Å²) in [6.07, 6.45) is -6.60. The summed E-state index contributed by atoms with van der Waals surface area (Å²) in [4.78, 5) is 11.0. The number of carbonyl (C=O) groups is 1. The van der Waals surface area contributed by atoms with Crippen molar-refractivity contribution in [3.63, 3.8) is 0 Å². The third-order valence-corrected chi connectivity index (χ3v) is 1.59. The van der Waals surface area contributed by atoms with Crippen molar-refractivity contribution in [2.75, 3.05) is 6.61 Å². The zero-order chi connectivity index (χ0) is 10.6. The number of aliphatic hydroxyl groups is 5. The van der Waals surface area contributed by atoms with E-state index in [1.165, 1.54) is 6.92 Å². The van der Waals surface area contributed by atoms with Gasteiger partial charge in [0.2, 0.25) is 0 Å². The zero-order valence-corrected chi connectivity index (χ0v) is 7.16. The van der Waals surface area contributed by atoms with E-state index in [1.807, 2.05) is 0 Å². The largest absolute Gasteiger partial charge is 0.394 e. The van der Waals surface area contributed by atoms with Crippen molar-refractivity contribution in [3.05, 3.63) is 0 Å². The van der Waals surface area contributed by atoms with Gasteiger partial charge in [0, 0.05) is 0 Å². The first-order chi connectivity index (χ1) is 5.91. The molecular formula is C7H14O6. The molecule has 0 aliphatic carbocycles. The lowest BCUT2D eigenvalue weighted by atomic mass is 10.0. The first kappa shape index (κ1) is 12.5. The van der Waals surface area contributed by atoms with E-state index in [2.05, 4.69) is 0 Å². The average molecular weight is 194 g/mol. The Kier molecular flexibility index (Phi) is 5.04. The molecule has 6 nitrogen and oxygen atoms in total. The molecule has 4 atom stereocenters. The van der Waals surface area contributed by atoms with E-state index in [0.29, 0.717) is 0 Å². The van der Waals surface area contributed by atoms with Crippen molar-refractivity contribution in [1.29, 1.82) is 0 Å². The molecule has 0 saturated heterocycles. The second kappa shape index (κ2) is 5.25. The third kappa shape index (κ3) is 3.37. The summed E-state index contributed by atoms with van der Waals surface area (Å²) in [6, 6.07) is 0. The highest BCUT2D eigenvalue weighted by molar-refractivity contribution is 5.87. The molecule has 0 unspecified atom stereocenters. The van der Waals surface area contributed by atoms with Crippen molar-refractivity contribution in [2.24, 2.45) is 0 Å². The molecular weight excluding hydrogens is 180 g/mol. The molecule has 0 amide bonds. The summed E-state index contributed by atoms with van der Waals surface area (Å²) in [5.41, 5.74) is 0. The first-order valence-corrected chi connectivity index (χ1v) is 3.78. The Morgan fingerprint density at radius 2 is 1.62 bits per heavy atom. The molecule has 0 heterocycles. The Balaban J connectivity index is 4.25. The van der Waals surface area contributed by atoms with E-state index in [0.717, 1.165) is 0 Å². The van der Waals surface area contributed by atoms with E-state index in [9.17, 15) is 4.79 Å². The highest BCUT2D eigenvalue weighted by Crippen LogP contribution is 2.02. The number of ketones is 1. The van der Waals surface area contributed by atoms with Gasteiger partial charge in [-0.25, -0.2) is 0 Å². The second-order valence-electron chi connectivity index (χ2n) is 2.78. The molecule has 78 valence electrons. The fourth-order valence-corrected chi connectivity index (χ4v) is 0.702. The maximum absolute atomic E-state index is 11.0. The van der Waals surface area contributed by atoms with Crippen LogP contribution >= 0.6 is 0 Å². The predicted octanol–water partition coefficient (Wildman–Crippen LogP) is -2.99. The average Bonchev–Trinajstić information content (AvgIpc) is 2.12. The van der Waals surface area contributed by atoms with Crippen molar-refractivity contribution in [1.82, 2.24) is 0 Å². The van der Waals surface area contributed by atoms with Crippen molar-refractivity contribution >= 4 is 5.78 Å². The summed E-state index contributed by atoms with van der Waals surface area (Å²) in [5, 5.41) is 43.9. The minimum Gasteiger partial charge on any atom is -0.394 e. The molecule has 5 N–H and O–H groups in total. The van der Waals surface area contributed by atoms with Gasteiger partial charge in [0.15, 0.2) is 5.78 Å². The van der Waals surface area contributed by atoms with Crippen LogP contribution in [0.2, 0.25) is 0 Å². The van der Waals surface area contributed by atoms with Gasteiger partial charge in [-0.15, -0.1) is 0 Å². The second-order valence-corrected chi connectivity index (χ2v) is 2.78. The normalized spacial score (nSPS) is 20.5. The van der Waals surface area contributed by atoms with Crippen LogP contribution in [-0.2, 0) is 4.79 Å². The number of hydrogen-bond acceptors (Lipinski definition) is 6.